The van der Waals surface area contributed by atoms with Gasteiger partial charge in [-0.3, -0.25) is 9.78 Å². The molecule has 0 unspecified atom stereocenters. The Labute approximate surface area is 124 Å². The Kier molecular flexibility index (Phi) is 3.66. The highest BCUT2D eigenvalue weighted by molar-refractivity contribution is 9.11. The third-order valence-electron chi connectivity index (χ3n) is 3.13. The summed E-state index contributed by atoms with van der Waals surface area (Å²) >= 11 is 5.11. The molecule has 1 saturated carbocycles. The van der Waals surface area contributed by atoms with Crippen LogP contribution in [-0.4, -0.2) is 21.8 Å². The van der Waals surface area contributed by atoms with Gasteiger partial charge in [0, 0.05) is 25.0 Å². The van der Waals surface area contributed by atoms with Crippen molar-refractivity contribution in [3.63, 3.8) is 0 Å². The first kappa shape index (κ1) is 12.8. The molecule has 0 saturated heterocycles. The van der Waals surface area contributed by atoms with Gasteiger partial charge in [-0.1, -0.05) is 0 Å². The van der Waals surface area contributed by atoms with Crippen LogP contribution in [0.4, 0.5) is 0 Å². The second-order valence-electron chi connectivity index (χ2n) is 4.66. The van der Waals surface area contributed by atoms with Gasteiger partial charge in [0.15, 0.2) is 0 Å². The fourth-order valence-corrected chi connectivity index (χ4v) is 3.23. The number of pyridine rings is 1. The molecule has 3 nitrogen and oxygen atoms in total. The molecule has 0 bridgehead atoms. The van der Waals surface area contributed by atoms with Gasteiger partial charge < -0.3 is 4.90 Å². The highest BCUT2D eigenvalue weighted by Gasteiger charge is 2.33. The van der Waals surface area contributed by atoms with Crippen LogP contribution < -0.4 is 0 Å². The van der Waals surface area contributed by atoms with Crippen LogP contribution in [0.25, 0.3) is 0 Å². The van der Waals surface area contributed by atoms with Gasteiger partial charge in [0.2, 0.25) is 0 Å². The van der Waals surface area contributed by atoms with Crippen molar-refractivity contribution in [1.29, 1.82) is 0 Å². The third kappa shape index (κ3) is 3.04. The van der Waals surface area contributed by atoms with Crippen LogP contribution in [-0.2, 0) is 6.54 Å². The van der Waals surface area contributed by atoms with Crippen LogP contribution >= 0.6 is 27.3 Å². The molecule has 1 aliphatic carbocycles. The minimum atomic E-state index is 0.0814. The van der Waals surface area contributed by atoms with E-state index in [0.29, 0.717) is 18.2 Å². The topological polar surface area (TPSA) is 33.2 Å². The molecule has 2 aromatic rings. The maximum absolute atomic E-state index is 12.5. The monoisotopic (exact) mass is 336 g/mol. The van der Waals surface area contributed by atoms with Gasteiger partial charge >= 0.3 is 0 Å². The summed E-state index contributed by atoms with van der Waals surface area (Å²) in [6, 6.07) is 6.11. The quantitative estimate of drug-likeness (QED) is 0.852. The summed E-state index contributed by atoms with van der Waals surface area (Å²) in [7, 11) is 0. The van der Waals surface area contributed by atoms with E-state index >= 15 is 0 Å². The first-order valence-corrected chi connectivity index (χ1v) is 7.85. The molecule has 0 spiro atoms. The second-order valence-corrected chi connectivity index (χ2v) is 6.96. The summed E-state index contributed by atoms with van der Waals surface area (Å²) in [5.74, 6) is 0.0814. The second kappa shape index (κ2) is 5.43. The van der Waals surface area contributed by atoms with Crippen LogP contribution in [0.1, 0.15) is 28.8 Å². The van der Waals surface area contributed by atoms with Crippen LogP contribution in [0.2, 0.25) is 0 Å². The van der Waals surface area contributed by atoms with E-state index in [1.54, 1.807) is 29.8 Å². The Morgan fingerprint density at radius 1 is 1.53 bits per heavy atom. The Morgan fingerprint density at radius 2 is 2.37 bits per heavy atom. The van der Waals surface area contributed by atoms with E-state index in [0.717, 1.165) is 16.6 Å². The van der Waals surface area contributed by atoms with Crippen molar-refractivity contribution in [3.05, 3.63) is 50.9 Å². The normalized spacial score (nSPS) is 14.4. The number of hydrogen-bond acceptors (Lipinski definition) is 3. The number of aromatic nitrogens is 1. The highest BCUT2D eigenvalue weighted by Crippen LogP contribution is 2.31. The molecule has 5 heteroatoms. The number of carbonyl (C=O) groups excluding carboxylic acids is 1. The maximum atomic E-state index is 12.5. The Bertz CT molecular complexity index is 580. The summed E-state index contributed by atoms with van der Waals surface area (Å²) < 4.78 is 1.10. The van der Waals surface area contributed by atoms with Gasteiger partial charge in [-0.2, -0.15) is 0 Å². The minimum Gasteiger partial charge on any atom is -0.331 e. The molecule has 1 amide bonds. The maximum Gasteiger partial charge on any atom is 0.255 e. The van der Waals surface area contributed by atoms with Crippen molar-refractivity contribution in [2.75, 3.05) is 0 Å². The molecule has 1 fully saturated rings. The molecule has 98 valence electrons. The summed E-state index contributed by atoms with van der Waals surface area (Å²) in [6.07, 6.45) is 5.55. The molecule has 0 N–H and O–H groups in total. The Balaban J connectivity index is 1.79. The molecule has 2 aromatic heterocycles. The Morgan fingerprint density at radius 3 is 2.95 bits per heavy atom. The first-order valence-electron chi connectivity index (χ1n) is 6.18. The molecule has 0 radical (unpaired) electrons. The van der Waals surface area contributed by atoms with Crippen molar-refractivity contribution in [1.82, 2.24) is 9.88 Å². The van der Waals surface area contributed by atoms with Crippen molar-refractivity contribution in [2.45, 2.75) is 25.4 Å². The van der Waals surface area contributed by atoms with Crippen molar-refractivity contribution >= 4 is 33.2 Å². The minimum absolute atomic E-state index is 0.0814. The zero-order valence-electron chi connectivity index (χ0n) is 10.3. The van der Waals surface area contributed by atoms with Crippen LogP contribution in [0.3, 0.4) is 0 Å². The highest BCUT2D eigenvalue weighted by atomic mass is 79.9. The van der Waals surface area contributed by atoms with E-state index in [2.05, 4.69) is 32.4 Å². The van der Waals surface area contributed by atoms with E-state index in [-0.39, 0.29) is 5.91 Å². The average molecular weight is 337 g/mol. The van der Waals surface area contributed by atoms with E-state index in [1.807, 2.05) is 11.0 Å². The molecule has 0 aromatic carbocycles. The predicted octanol–water partition coefficient (Wildman–Crippen LogP) is 3.71. The van der Waals surface area contributed by atoms with E-state index in [4.69, 9.17) is 0 Å². The first-order chi connectivity index (χ1) is 9.24. The van der Waals surface area contributed by atoms with Crippen LogP contribution in [0.5, 0.6) is 0 Å². The lowest BCUT2D eigenvalue weighted by Crippen LogP contribution is -2.32. The van der Waals surface area contributed by atoms with E-state index < -0.39 is 0 Å². The summed E-state index contributed by atoms with van der Waals surface area (Å²) in [6.45, 7) is 0.681. The van der Waals surface area contributed by atoms with Gasteiger partial charge in [-0.25, -0.2) is 0 Å². The summed E-state index contributed by atoms with van der Waals surface area (Å²) in [5, 5.41) is 2.09. The van der Waals surface area contributed by atoms with Gasteiger partial charge in [0.25, 0.3) is 5.91 Å². The van der Waals surface area contributed by atoms with E-state index in [1.165, 1.54) is 5.56 Å². The molecular formula is C14H13BrN2OS. The van der Waals surface area contributed by atoms with Crippen molar-refractivity contribution < 1.29 is 4.79 Å². The third-order valence-corrected chi connectivity index (χ3v) is 4.68. The van der Waals surface area contributed by atoms with Gasteiger partial charge in [0.1, 0.15) is 0 Å². The molecule has 3 rings (SSSR count). The van der Waals surface area contributed by atoms with E-state index in [9.17, 15) is 4.79 Å². The number of nitrogens with zero attached hydrogens (tertiary/aromatic N) is 2. The SMILES string of the molecule is O=C(c1cccnc1)N(Cc1csc(Br)c1)C1CC1. The lowest BCUT2D eigenvalue weighted by molar-refractivity contribution is 0.0729. The number of rotatable bonds is 4. The lowest BCUT2D eigenvalue weighted by Gasteiger charge is -2.21. The summed E-state index contributed by atoms with van der Waals surface area (Å²) in [4.78, 5) is 18.5. The Hall–Kier alpha value is -1.20. The zero-order valence-corrected chi connectivity index (χ0v) is 12.7. The molecule has 1 aliphatic rings. The number of carbonyl (C=O) groups is 1. The zero-order chi connectivity index (χ0) is 13.2. The number of amides is 1. The van der Waals surface area contributed by atoms with Crippen LogP contribution in [0.15, 0.2) is 39.8 Å². The molecule has 0 atom stereocenters. The molecule has 2 heterocycles. The largest absolute Gasteiger partial charge is 0.331 e. The molecule has 19 heavy (non-hydrogen) atoms. The number of hydrogen-bond donors (Lipinski definition) is 0. The standard InChI is InChI=1S/C14H13BrN2OS/c15-13-6-10(9-19-13)8-17(12-3-4-12)14(18)11-2-1-5-16-7-11/h1-2,5-7,9,12H,3-4,8H2. The predicted molar refractivity (Wildman–Crippen MR) is 79.2 cm³/mol. The smallest absolute Gasteiger partial charge is 0.255 e. The van der Waals surface area contributed by atoms with Crippen LogP contribution in [0, 0.1) is 0 Å². The van der Waals surface area contributed by atoms with Gasteiger partial charge in [-0.05, 0) is 57.9 Å². The summed E-state index contributed by atoms with van der Waals surface area (Å²) in [5.41, 5.74) is 1.85. The van der Waals surface area contributed by atoms with Crippen molar-refractivity contribution in [3.8, 4) is 0 Å². The lowest BCUT2D eigenvalue weighted by atomic mass is 10.2. The fraction of sp³-hybridized carbons (Fsp3) is 0.286. The van der Waals surface area contributed by atoms with Gasteiger partial charge in [-0.15, -0.1) is 11.3 Å². The fourth-order valence-electron chi connectivity index (χ4n) is 2.03. The number of thiophene rings is 1. The molecule has 0 aliphatic heterocycles. The molecular weight excluding hydrogens is 324 g/mol. The van der Waals surface area contributed by atoms with Gasteiger partial charge in [0.05, 0.1) is 9.35 Å². The number of halogens is 1. The average Bonchev–Trinajstić information content (AvgIpc) is 3.20. The van der Waals surface area contributed by atoms with Crippen molar-refractivity contribution in [2.24, 2.45) is 0 Å².